The van der Waals surface area contributed by atoms with Gasteiger partial charge in [-0.25, -0.2) is 9.97 Å². The summed E-state index contributed by atoms with van der Waals surface area (Å²) in [7, 11) is 0. The second-order valence-electron chi connectivity index (χ2n) is 6.82. The van der Waals surface area contributed by atoms with Gasteiger partial charge in [-0.2, -0.15) is 0 Å². The molecule has 5 nitrogen and oxygen atoms in total. The molecule has 3 heterocycles. The van der Waals surface area contributed by atoms with Gasteiger partial charge in [-0.05, 0) is 25.5 Å². The number of hydrogen-bond donors (Lipinski definition) is 2. The fourth-order valence-corrected chi connectivity index (χ4v) is 3.70. The minimum Gasteiger partial charge on any atom is -0.347 e. The molecular weight excluding hydrogens is 296 g/mol. The Balaban J connectivity index is 1.87. The van der Waals surface area contributed by atoms with Crippen LogP contribution in [-0.4, -0.2) is 35.0 Å². The van der Waals surface area contributed by atoms with Gasteiger partial charge in [0.05, 0.1) is 10.6 Å². The third-order valence-electron chi connectivity index (χ3n) is 3.90. The van der Waals surface area contributed by atoms with Crippen LogP contribution in [0.4, 0.5) is 0 Å². The minimum absolute atomic E-state index is 0.00319. The highest BCUT2D eigenvalue weighted by molar-refractivity contribution is 7.20. The van der Waals surface area contributed by atoms with Crippen molar-refractivity contribution in [2.75, 3.05) is 13.1 Å². The number of thiophene rings is 1. The van der Waals surface area contributed by atoms with Crippen LogP contribution in [0, 0.1) is 0 Å². The summed E-state index contributed by atoms with van der Waals surface area (Å²) >= 11 is 1.44. The predicted octanol–water partition coefficient (Wildman–Crippen LogP) is 2.47. The van der Waals surface area contributed by atoms with Crippen molar-refractivity contribution in [1.82, 2.24) is 20.6 Å². The molecule has 1 unspecified atom stereocenters. The average Bonchev–Trinajstić information content (AvgIpc) is 2.91. The SMILES string of the molecule is CC(C)(C)c1ncnc2sc(C(=O)NC3CCCNC3)cc12. The first-order chi connectivity index (χ1) is 10.4. The van der Waals surface area contributed by atoms with E-state index in [1.165, 1.54) is 11.3 Å². The van der Waals surface area contributed by atoms with Crippen LogP contribution in [0.1, 0.15) is 49.0 Å². The predicted molar refractivity (Wildman–Crippen MR) is 89.5 cm³/mol. The lowest BCUT2D eigenvalue weighted by Gasteiger charge is -2.23. The second kappa shape index (κ2) is 5.93. The summed E-state index contributed by atoms with van der Waals surface area (Å²) in [5, 5.41) is 7.42. The van der Waals surface area contributed by atoms with Crippen LogP contribution >= 0.6 is 11.3 Å². The molecule has 1 aliphatic heterocycles. The van der Waals surface area contributed by atoms with E-state index in [-0.39, 0.29) is 17.4 Å². The van der Waals surface area contributed by atoms with E-state index >= 15 is 0 Å². The molecule has 1 saturated heterocycles. The number of piperidine rings is 1. The summed E-state index contributed by atoms with van der Waals surface area (Å²) in [5.74, 6) is -0.00319. The van der Waals surface area contributed by atoms with Gasteiger partial charge in [0.25, 0.3) is 5.91 Å². The number of nitrogens with one attached hydrogen (secondary N) is 2. The zero-order chi connectivity index (χ0) is 15.7. The molecule has 1 amide bonds. The van der Waals surface area contributed by atoms with E-state index in [0.29, 0.717) is 4.88 Å². The van der Waals surface area contributed by atoms with Gasteiger partial charge >= 0.3 is 0 Å². The Kier molecular flexibility index (Phi) is 4.14. The molecule has 0 spiro atoms. The highest BCUT2D eigenvalue weighted by atomic mass is 32.1. The van der Waals surface area contributed by atoms with Crippen molar-refractivity contribution in [1.29, 1.82) is 0 Å². The summed E-state index contributed by atoms with van der Waals surface area (Å²) in [6, 6.07) is 2.16. The Morgan fingerprint density at radius 2 is 2.23 bits per heavy atom. The molecule has 0 aliphatic carbocycles. The molecule has 118 valence electrons. The van der Waals surface area contributed by atoms with Crippen LogP contribution in [0.3, 0.4) is 0 Å². The van der Waals surface area contributed by atoms with Crippen molar-refractivity contribution in [3.05, 3.63) is 23.0 Å². The number of rotatable bonds is 2. The Hall–Kier alpha value is -1.53. The molecule has 3 rings (SSSR count). The van der Waals surface area contributed by atoms with Gasteiger partial charge in [0, 0.05) is 23.4 Å². The van der Waals surface area contributed by atoms with Crippen LogP contribution in [0.15, 0.2) is 12.4 Å². The summed E-state index contributed by atoms with van der Waals surface area (Å²) < 4.78 is 0. The molecule has 2 aromatic rings. The molecule has 6 heteroatoms. The highest BCUT2D eigenvalue weighted by Crippen LogP contribution is 2.31. The maximum absolute atomic E-state index is 12.5. The zero-order valence-corrected chi connectivity index (χ0v) is 14.1. The standard InChI is InChI=1S/C16H22N4OS/c1-16(2,3)13-11-7-12(22-15(11)19-9-18-13)14(21)20-10-5-4-6-17-8-10/h7,9-10,17H,4-6,8H2,1-3H3,(H,20,21). The number of hydrogen-bond acceptors (Lipinski definition) is 5. The largest absolute Gasteiger partial charge is 0.347 e. The lowest BCUT2D eigenvalue weighted by atomic mass is 9.90. The maximum atomic E-state index is 12.5. The van der Waals surface area contributed by atoms with Crippen LogP contribution < -0.4 is 10.6 Å². The summed E-state index contributed by atoms with van der Waals surface area (Å²) in [6.45, 7) is 8.27. The lowest BCUT2D eigenvalue weighted by molar-refractivity contribution is 0.0935. The van der Waals surface area contributed by atoms with E-state index in [0.717, 1.165) is 41.8 Å². The van der Waals surface area contributed by atoms with Gasteiger partial charge < -0.3 is 10.6 Å². The maximum Gasteiger partial charge on any atom is 0.261 e. The van der Waals surface area contributed by atoms with Gasteiger partial charge in [0.2, 0.25) is 0 Å². The van der Waals surface area contributed by atoms with Gasteiger partial charge in [-0.1, -0.05) is 20.8 Å². The van der Waals surface area contributed by atoms with Crippen molar-refractivity contribution in [2.45, 2.75) is 45.1 Å². The van der Waals surface area contributed by atoms with Gasteiger partial charge in [-0.3, -0.25) is 4.79 Å². The number of fused-ring (bicyclic) bond motifs is 1. The highest BCUT2D eigenvalue weighted by Gasteiger charge is 2.23. The minimum atomic E-state index is -0.0662. The van der Waals surface area contributed by atoms with Crippen molar-refractivity contribution < 1.29 is 4.79 Å². The van der Waals surface area contributed by atoms with E-state index in [9.17, 15) is 4.79 Å². The van der Waals surface area contributed by atoms with E-state index in [1.807, 2.05) is 6.07 Å². The molecule has 1 atom stereocenters. The van der Waals surface area contributed by atoms with Crippen LogP contribution in [0.2, 0.25) is 0 Å². The Bertz CT molecular complexity index is 683. The summed E-state index contributed by atoms with van der Waals surface area (Å²) in [6.07, 6.45) is 3.74. The number of carbonyl (C=O) groups excluding carboxylic acids is 1. The molecule has 1 fully saturated rings. The molecular formula is C16H22N4OS. The van der Waals surface area contributed by atoms with E-state index in [4.69, 9.17) is 0 Å². The van der Waals surface area contributed by atoms with E-state index < -0.39 is 0 Å². The van der Waals surface area contributed by atoms with Crippen molar-refractivity contribution in [3.63, 3.8) is 0 Å². The quantitative estimate of drug-likeness (QED) is 0.893. The van der Waals surface area contributed by atoms with Crippen LogP contribution in [0.25, 0.3) is 10.2 Å². The number of carbonyl (C=O) groups is 1. The third kappa shape index (κ3) is 3.13. The molecule has 2 aromatic heterocycles. The molecule has 22 heavy (non-hydrogen) atoms. The average molecular weight is 318 g/mol. The third-order valence-corrected chi connectivity index (χ3v) is 4.94. The molecule has 2 N–H and O–H groups in total. The molecule has 1 aliphatic rings. The van der Waals surface area contributed by atoms with Gasteiger partial charge in [0.1, 0.15) is 11.2 Å². The molecule has 0 radical (unpaired) electrons. The lowest BCUT2D eigenvalue weighted by Crippen LogP contribution is -2.45. The first-order valence-corrected chi connectivity index (χ1v) is 8.53. The van der Waals surface area contributed by atoms with Crippen molar-refractivity contribution >= 4 is 27.5 Å². The smallest absolute Gasteiger partial charge is 0.261 e. The van der Waals surface area contributed by atoms with Gasteiger partial charge in [0.15, 0.2) is 0 Å². The number of amides is 1. The normalized spacial score (nSPS) is 19.3. The van der Waals surface area contributed by atoms with Crippen molar-refractivity contribution in [2.24, 2.45) is 0 Å². The Morgan fingerprint density at radius 1 is 1.41 bits per heavy atom. The molecule has 0 aromatic carbocycles. The zero-order valence-electron chi connectivity index (χ0n) is 13.3. The van der Waals surface area contributed by atoms with E-state index in [1.54, 1.807) is 6.33 Å². The fraction of sp³-hybridized carbons (Fsp3) is 0.562. The Morgan fingerprint density at radius 3 is 2.91 bits per heavy atom. The first-order valence-electron chi connectivity index (χ1n) is 7.72. The number of nitrogens with zero attached hydrogens (tertiary/aromatic N) is 2. The fourth-order valence-electron chi connectivity index (χ4n) is 2.80. The Labute approximate surface area is 134 Å². The first kappa shape index (κ1) is 15.4. The monoisotopic (exact) mass is 318 g/mol. The second-order valence-corrected chi connectivity index (χ2v) is 7.85. The number of aromatic nitrogens is 2. The van der Waals surface area contributed by atoms with Crippen molar-refractivity contribution in [3.8, 4) is 0 Å². The van der Waals surface area contributed by atoms with E-state index in [2.05, 4.69) is 41.4 Å². The van der Waals surface area contributed by atoms with Gasteiger partial charge in [-0.15, -0.1) is 11.3 Å². The van der Waals surface area contributed by atoms with Crippen LogP contribution in [-0.2, 0) is 5.41 Å². The summed E-state index contributed by atoms with van der Waals surface area (Å²) in [4.78, 5) is 22.8. The molecule has 0 saturated carbocycles. The van der Waals surface area contributed by atoms with Crippen LogP contribution in [0.5, 0.6) is 0 Å². The summed E-state index contributed by atoms with van der Waals surface area (Å²) in [5.41, 5.74) is 0.927. The molecule has 0 bridgehead atoms. The topological polar surface area (TPSA) is 66.9 Å².